The van der Waals surface area contributed by atoms with Gasteiger partial charge in [-0.25, -0.2) is 9.78 Å². The second-order valence-corrected chi connectivity index (χ2v) is 7.94. The van der Waals surface area contributed by atoms with Gasteiger partial charge in [-0.3, -0.25) is 9.59 Å². The second kappa shape index (κ2) is 7.08. The van der Waals surface area contributed by atoms with Crippen molar-refractivity contribution in [3.63, 3.8) is 0 Å². The van der Waals surface area contributed by atoms with Crippen molar-refractivity contribution in [2.45, 2.75) is 32.8 Å². The molecule has 1 N–H and O–H groups in total. The molecule has 7 heteroatoms. The summed E-state index contributed by atoms with van der Waals surface area (Å²) in [4.78, 5) is 44.5. The Hall–Kier alpha value is -2.80. The molecule has 0 saturated carbocycles. The van der Waals surface area contributed by atoms with Crippen LogP contribution < -0.4 is 5.56 Å². The lowest BCUT2D eigenvalue weighted by Gasteiger charge is -2.17. The van der Waals surface area contributed by atoms with Crippen molar-refractivity contribution < 1.29 is 14.3 Å². The van der Waals surface area contributed by atoms with Crippen LogP contribution >= 0.6 is 11.3 Å². The number of carbonyl (C=O) groups excluding carboxylic acids is 2. The summed E-state index contributed by atoms with van der Waals surface area (Å²) in [5.74, 6) is 0.419. The van der Waals surface area contributed by atoms with Crippen LogP contribution in [0.2, 0.25) is 0 Å². The quantitative estimate of drug-likeness (QED) is 0.552. The first-order valence-electron chi connectivity index (χ1n) is 8.81. The number of benzene rings is 1. The van der Waals surface area contributed by atoms with E-state index in [1.165, 1.54) is 17.0 Å². The van der Waals surface area contributed by atoms with Gasteiger partial charge in [-0.2, -0.15) is 0 Å². The minimum Gasteiger partial charge on any atom is -0.454 e. The third-order valence-corrected chi connectivity index (χ3v) is 5.99. The third kappa shape index (κ3) is 3.42. The fourth-order valence-electron chi connectivity index (χ4n) is 3.38. The summed E-state index contributed by atoms with van der Waals surface area (Å²) in [5, 5.41) is 0.682. The molecule has 0 radical (unpaired) electrons. The molecule has 1 aromatic carbocycles. The van der Waals surface area contributed by atoms with E-state index in [1.807, 2.05) is 0 Å². The summed E-state index contributed by atoms with van der Waals surface area (Å²) >= 11 is 1.56. The van der Waals surface area contributed by atoms with Crippen LogP contribution in [0.3, 0.4) is 0 Å². The number of rotatable bonds is 4. The Morgan fingerprint density at radius 3 is 2.89 bits per heavy atom. The summed E-state index contributed by atoms with van der Waals surface area (Å²) in [5.41, 5.74) is 1.78. The van der Waals surface area contributed by atoms with Crippen molar-refractivity contribution in [1.82, 2.24) is 9.97 Å². The van der Waals surface area contributed by atoms with Crippen LogP contribution in [0.15, 0.2) is 29.1 Å². The van der Waals surface area contributed by atoms with Gasteiger partial charge in [0.25, 0.3) is 5.56 Å². The Bertz CT molecular complexity index is 1080. The molecule has 4 rings (SSSR count). The molecule has 3 aromatic rings. The lowest BCUT2D eigenvalue weighted by Crippen LogP contribution is -2.16. The number of hydrogen-bond acceptors (Lipinski definition) is 6. The van der Waals surface area contributed by atoms with Crippen LogP contribution in [0.5, 0.6) is 0 Å². The number of carbonyl (C=O) groups is 2. The molecule has 1 unspecified atom stereocenters. The molecule has 2 heterocycles. The molecular formula is C20H18N2O4S. The number of nitrogens with one attached hydrogen (secondary N) is 1. The molecule has 2 aromatic heterocycles. The zero-order valence-electron chi connectivity index (χ0n) is 14.8. The maximum absolute atomic E-state index is 12.5. The number of ether oxygens (including phenoxy) is 1. The number of aromatic nitrogens is 2. The monoisotopic (exact) mass is 382 g/mol. The van der Waals surface area contributed by atoms with Gasteiger partial charge in [-0.15, -0.1) is 11.3 Å². The van der Waals surface area contributed by atoms with Crippen LogP contribution in [0, 0.1) is 5.92 Å². The van der Waals surface area contributed by atoms with Crippen LogP contribution in [-0.4, -0.2) is 22.2 Å². The predicted octanol–water partition coefficient (Wildman–Crippen LogP) is 3.28. The number of aryl methyl sites for hydroxylation is 1. The first-order valence-corrected chi connectivity index (χ1v) is 9.62. The fourth-order valence-corrected chi connectivity index (χ4v) is 4.78. The van der Waals surface area contributed by atoms with Crippen LogP contribution in [-0.2, 0) is 24.2 Å². The van der Waals surface area contributed by atoms with Gasteiger partial charge in [0.05, 0.1) is 10.9 Å². The van der Waals surface area contributed by atoms with Gasteiger partial charge in [-0.1, -0.05) is 19.1 Å². The van der Waals surface area contributed by atoms with Crippen LogP contribution in [0.1, 0.15) is 50.3 Å². The normalized spacial score (nSPS) is 16.1. The van der Waals surface area contributed by atoms with E-state index in [9.17, 15) is 14.4 Å². The number of fused-ring (bicyclic) bond motifs is 3. The zero-order chi connectivity index (χ0) is 19.0. The predicted molar refractivity (Wildman–Crippen MR) is 102 cm³/mol. The lowest BCUT2D eigenvalue weighted by molar-refractivity contribution is 0.0462. The minimum absolute atomic E-state index is 0.113. The van der Waals surface area contributed by atoms with E-state index in [4.69, 9.17) is 4.74 Å². The van der Waals surface area contributed by atoms with Gasteiger partial charge < -0.3 is 9.72 Å². The number of nitrogens with zero attached hydrogens (tertiary/aromatic N) is 1. The average molecular weight is 382 g/mol. The zero-order valence-corrected chi connectivity index (χ0v) is 15.6. The highest BCUT2D eigenvalue weighted by Crippen LogP contribution is 2.35. The summed E-state index contributed by atoms with van der Waals surface area (Å²) in [7, 11) is 0. The average Bonchev–Trinajstić information content (AvgIpc) is 3.03. The molecule has 1 aliphatic carbocycles. The second-order valence-electron chi connectivity index (χ2n) is 6.86. The SMILES string of the molecule is CC1CCc2c(sc3nc(COC(=O)c4ccc(C=O)cc4)[nH]c(=O)c23)C1. The smallest absolute Gasteiger partial charge is 0.338 e. The van der Waals surface area contributed by atoms with E-state index in [-0.39, 0.29) is 12.2 Å². The molecule has 27 heavy (non-hydrogen) atoms. The van der Waals surface area contributed by atoms with Crippen molar-refractivity contribution in [3.05, 3.63) is 62.0 Å². The van der Waals surface area contributed by atoms with Gasteiger partial charge in [-0.05, 0) is 42.9 Å². The number of hydrogen-bond donors (Lipinski definition) is 1. The van der Waals surface area contributed by atoms with E-state index in [2.05, 4.69) is 16.9 Å². The molecule has 0 fully saturated rings. The molecule has 0 amide bonds. The van der Waals surface area contributed by atoms with Gasteiger partial charge in [0.2, 0.25) is 0 Å². The summed E-state index contributed by atoms with van der Waals surface area (Å²) in [6.45, 7) is 2.11. The van der Waals surface area contributed by atoms with Gasteiger partial charge >= 0.3 is 5.97 Å². The third-order valence-electron chi connectivity index (χ3n) is 4.84. The van der Waals surface area contributed by atoms with Crippen molar-refractivity contribution in [3.8, 4) is 0 Å². The first-order chi connectivity index (χ1) is 13.0. The van der Waals surface area contributed by atoms with Crippen molar-refractivity contribution in [2.24, 2.45) is 5.92 Å². The standard InChI is InChI=1S/C20H18N2O4S/c1-11-2-7-14-15(8-11)27-19-17(14)18(24)21-16(22-19)10-26-20(25)13-5-3-12(9-23)4-6-13/h3-6,9,11H,2,7-8,10H2,1H3,(H,21,22,24). The minimum atomic E-state index is -0.533. The molecule has 138 valence electrons. The molecule has 0 spiro atoms. The summed E-state index contributed by atoms with van der Waals surface area (Å²) in [6.07, 6.45) is 3.68. The molecule has 6 nitrogen and oxygen atoms in total. The summed E-state index contributed by atoms with van der Waals surface area (Å²) < 4.78 is 5.26. The topological polar surface area (TPSA) is 89.1 Å². The molecule has 1 aliphatic rings. The highest BCUT2D eigenvalue weighted by Gasteiger charge is 2.23. The Kier molecular flexibility index (Phi) is 4.61. The van der Waals surface area contributed by atoms with E-state index >= 15 is 0 Å². The Labute approximate surface area is 159 Å². The number of H-pyrrole nitrogens is 1. The summed E-state index contributed by atoms with van der Waals surface area (Å²) in [6, 6.07) is 6.15. The maximum atomic E-state index is 12.5. The van der Waals surface area contributed by atoms with Crippen LogP contribution in [0.4, 0.5) is 0 Å². The maximum Gasteiger partial charge on any atom is 0.338 e. The van der Waals surface area contributed by atoms with E-state index in [0.29, 0.717) is 39.4 Å². The highest BCUT2D eigenvalue weighted by molar-refractivity contribution is 7.18. The Morgan fingerprint density at radius 2 is 2.15 bits per heavy atom. The largest absolute Gasteiger partial charge is 0.454 e. The van der Waals surface area contributed by atoms with Crippen molar-refractivity contribution in [2.75, 3.05) is 0 Å². The number of aromatic amines is 1. The Morgan fingerprint density at radius 1 is 1.37 bits per heavy atom. The van der Waals surface area contributed by atoms with E-state index in [0.717, 1.165) is 24.8 Å². The molecule has 0 aliphatic heterocycles. The van der Waals surface area contributed by atoms with Gasteiger partial charge in [0.1, 0.15) is 23.5 Å². The molecular weight excluding hydrogens is 364 g/mol. The molecule has 0 bridgehead atoms. The van der Waals surface area contributed by atoms with Crippen molar-refractivity contribution in [1.29, 1.82) is 0 Å². The van der Waals surface area contributed by atoms with Crippen LogP contribution in [0.25, 0.3) is 10.2 Å². The van der Waals surface area contributed by atoms with Gasteiger partial charge in [0, 0.05) is 10.4 Å². The number of aldehydes is 1. The molecule has 1 atom stereocenters. The number of esters is 1. The highest BCUT2D eigenvalue weighted by atomic mass is 32.1. The van der Waals surface area contributed by atoms with E-state index < -0.39 is 5.97 Å². The lowest BCUT2D eigenvalue weighted by atomic mass is 9.89. The first kappa shape index (κ1) is 17.6. The Balaban J connectivity index is 1.54. The van der Waals surface area contributed by atoms with E-state index in [1.54, 1.807) is 23.5 Å². The van der Waals surface area contributed by atoms with Gasteiger partial charge in [0.15, 0.2) is 0 Å². The number of thiophene rings is 1. The molecule has 0 saturated heterocycles. The van der Waals surface area contributed by atoms with Crippen molar-refractivity contribution >= 4 is 33.8 Å². The fraction of sp³-hybridized carbons (Fsp3) is 0.300.